The van der Waals surface area contributed by atoms with Gasteiger partial charge in [0.25, 0.3) is 5.91 Å². The summed E-state index contributed by atoms with van der Waals surface area (Å²) in [6.45, 7) is 3.45. The molecule has 1 fully saturated rings. The molecule has 1 aromatic rings. The molecular formula is C16H25N3O. The van der Waals surface area contributed by atoms with Gasteiger partial charge >= 0.3 is 0 Å². The number of carbonyl (C=O) groups is 1. The zero-order valence-electron chi connectivity index (χ0n) is 12.2. The first-order valence-corrected chi connectivity index (χ1v) is 7.62. The van der Waals surface area contributed by atoms with E-state index in [0.717, 1.165) is 18.2 Å². The first kappa shape index (κ1) is 14.7. The highest BCUT2D eigenvalue weighted by Gasteiger charge is 2.15. The van der Waals surface area contributed by atoms with E-state index in [2.05, 4.69) is 10.6 Å². The molecule has 110 valence electrons. The van der Waals surface area contributed by atoms with Crippen molar-refractivity contribution >= 4 is 17.3 Å². The molecule has 0 bridgehead atoms. The lowest BCUT2D eigenvalue weighted by atomic mass is 10.0. The van der Waals surface area contributed by atoms with Gasteiger partial charge in [-0.25, -0.2) is 0 Å². The molecule has 0 aromatic heterocycles. The average Bonchev–Trinajstić information content (AvgIpc) is 2.92. The minimum atomic E-state index is -0.0455. The number of hydrogen-bond acceptors (Lipinski definition) is 3. The third-order valence-corrected chi connectivity index (χ3v) is 3.97. The molecule has 1 aromatic carbocycles. The number of carbonyl (C=O) groups excluding carboxylic acids is 1. The van der Waals surface area contributed by atoms with Gasteiger partial charge in [0.05, 0.1) is 5.56 Å². The number of rotatable bonds is 6. The van der Waals surface area contributed by atoms with Gasteiger partial charge in [-0.05, 0) is 37.5 Å². The van der Waals surface area contributed by atoms with Crippen LogP contribution in [0.25, 0.3) is 0 Å². The van der Waals surface area contributed by atoms with E-state index in [1.165, 1.54) is 32.1 Å². The number of nitrogens with one attached hydrogen (secondary N) is 2. The van der Waals surface area contributed by atoms with Crippen LogP contribution >= 0.6 is 0 Å². The lowest BCUT2D eigenvalue weighted by Crippen LogP contribution is -2.24. The van der Waals surface area contributed by atoms with Crippen LogP contribution in [-0.2, 0) is 0 Å². The second kappa shape index (κ2) is 7.17. The van der Waals surface area contributed by atoms with Gasteiger partial charge in [-0.15, -0.1) is 0 Å². The molecule has 0 spiro atoms. The number of nitrogen functional groups attached to an aromatic ring is 1. The van der Waals surface area contributed by atoms with E-state index in [4.69, 9.17) is 5.73 Å². The van der Waals surface area contributed by atoms with Crippen molar-refractivity contribution in [3.8, 4) is 0 Å². The molecule has 0 heterocycles. The van der Waals surface area contributed by atoms with E-state index < -0.39 is 0 Å². The van der Waals surface area contributed by atoms with Gasteiger partial charge in [-0.1, -0.05) is 25.7 Å². The SMILES string of the molecule is CCNC(=O)c1ccc(N)cc1NCCC1CCCC1. The second-order valence-electron chi connectivity index (χ2n) is 5.53. The Morgan fingerprint density at radius 1 is 1.35 bits per heavy atom. The van der Waals surface area contributed by atoms with E-state index in [-0.39, 0.29) is 5.91 Å². The molecule has 1 aliphatic rings. The molecule has 1 aliphatic carbocycles. The predicted octanol–water partition coefficient (Wildman–Crippen LogP) is 3.01. The average molecular weight is 275 g/mol. The summed E-state index contributed by atoms with van der Waals surface area (Å²) in [4.78, 5) is 12.0. The number of benzene rings is 1. The quantitative estimate of drug-likeness (QED) is 0.699. The Bertz CT molecular complexity index is 453. The molecule has 0 radical (unpaired) electrons. The van der Waals surface area contributed by atoms with Crippen molar-refractivity contribution in [3.63, 3.8) is 0 Å². The summed E-state index contributed by atoms with van der Waals surface area (Å²) in [6, 6.07) is 5.41. The molecule has 20 heavy (non-hydrogen) atoms. The summed E-state index contributed by atoms with van der Waals surface area (Å²) in [5.74, 6) is 0.798. The topological polar surface area (TPSA) is 67.2 Å². The number of hydrogen-bond donors (Lipinski definition) is 3. The summed E-state index contributed by atoms with van der Waals surface area (Å²) >= 11 is 0. The van der Waals surface area contributed by atoms with Crippen LogP contribution in [0, 0.1) is 5.92 Å². The molecule has 4 heteroatoms. The lowest BCUT2D eigenvalue weighted by molar-refractivity contribution is 0.0956. The Morgan fingerprint density at radius 3 is 2.80 bits per heavy atom. The van der Waals surface area contributed by atoms with Crippen molar-refractivity contribution in [2.45, 2.75) is 39.0 Å². The van der Waals surface area contributed by atoms with Crippen molar-refractivity contribution in [2.24, 2.45) is 5.92 Å². The zero-order chi connectivity index (χ0) is 14.4. The van der Waals surface area contributed by atoms with E-state index in [0.29, 0.717) is 17.8 Å². The highest BCUT2D eigenvalue weighted by atomic mass is 16.1. The smallest absolute Gasteiger partial charge is 0.253 e. The van der Waals surface area contributed by atoms with Crippen molar-refractivity contribution < 1.29 is 4.79 Å². The van der Waals surface area contributed by atoms with E-state index in [1.807, 2.05) is 13.0 Å². The zero-order valence-corrected chi connectivity index (χ0v) is 12.2. The van der Waals surface area contributed by atoms with Crippen LogP contribution in [0.3, 0.4) is 0 Å². The Balaban J connectivity index is 1.97. The molecule has 1 saturated carbocycles. The Kier molecular flexibility index (Phi) is 5.27. The normalized spacial score (nSPS) is 15.2. The van der Waals surface area contributed by atoms with Gasteiger partial charge in [0, 0.05) is 24.5 Å². The maximum atomic E-state index is 12.0. The predicted molar refractivity (Wildman–Crippen MR) is 83.9 cm³/mol. The molecule has 0 saturated heterocycles. The fraction of sp³-hybridized carbons (Fsp3) is 0.562. The van der Waals surface area contributed by atoms with Crippen LogP contribution in [0.5, 0.6) is 0 Å². The standard InChI is InChI=1S/C16H25N3O/c1-2-18-16(20)14-8-7-13(17)11-15(14)19-10-9-12-5-3-4-6-12/h7-8,11-12,19H,2-6,9-10,17H2,1H3,(H,18,20). The molecule has 4 N–H and O–H groups in total. The number of amides is 1. The molecule has 0 atom stereocenters. The summed E-state index contributed by atoms with van der Waals surface area (Å²) < 4.78 is 0. The van der Waals surface area contributed by atoms with Gasteiger partial charge in [0.1, 0.15) is 0 Å². The molecule has 2 rings (SSSR count). The first-order valence-electron chi connectivity index (χ1n) is 7.62. The fourth-order valence-electron chi connectivity index (χ4n) is 2.87. The maximum absolute atomic E-state index is 12.0. The summed E-state index contributed by atoms with van der Waals surface area (Å²) in [5, 5.41) is 6.21. The first-order chi connectivity index (χ1) is 9.70. The Hall–Kier alpha value is -1.71. The summed E-state index contributed by atoms with van der Waals surface area (Å²) in [7, 11) is 0. The van der Waals surface area contributed by atoms with Crippen LogP contribution in [0.4, 0.5) is 11.4 Å². The van der Waals surface area contributed by atoms with Crippen LogP contribution in [0.2, 0.25) is 0 Å². The van der Waals surface area contributed by atoms with E-state index >= 15 is 0 Å². The van der Waals surface area contributed by atoms with Gasteiger partial charge < -0.3 is 16.4 Å². The Morgan fingerprint density at radius 2 is 2.10 bits per heavy atom. The minimum Gasteiger partial charge on any atom is -0.399 e. The van der Waals surface area contributed by atoms with Crippen LogP contribution < -0.4 is 16.4 Å². The maximum Gasteiger partial charge on any atom is 0.253 e. The number of nitrogens with two attached hydrogens (primary N) is 1. The second-order valence-corrected chi connectivity index (χ2v) is 5.53. The lowest BCUT2D eigenvalue weighted by Gasteiger charge is -2.14. The van der Waals surface area contributed by atoms with Gasteiger partial charge in [0.2, 0.25) is 0 Å². The summed E-state index contributed by atoms with van der Waals surface area (Å²) in [6.07, 6.45) is 6.60. The highest BCUT2D eigenvalue weighted by molar-refractivity contribution is 6.00. The monoisotopic (exact) mass is 275 g/mol. The van der Waals surface area contributed by atoms with E-state index in [1.54, 1.807) is 12.1 Å². The fourth-order valence-corrected chi connectivity index (χ4v) is 2.87. The van der Waals surface area contributed by atoms with Crippen molar-refractivity contribution in [2.75, 3.05) is 24.1 Å². The van der Waals surface area contributed by atoms with Crippen LogP contribution in [0.15, 0.2) is 18.2 Å². The number of anilines is 2. The summed E-state index contributed by atoms with van der Waals surface area (Å²) in [5.41, 5.74) is 8.02. The Labute approximate surface area is 121 Å². The highest BCUT2D eigenvalue weighted by Crippen LogP contribution is 2.27. The van der Waals surface area contributed by atoms with E-state index in [9.17, 15) is 4.79 Å². The molecular weight excluding hydrogens is 250 g/mol. The third kappa shape index (κ3) is 3.89. The van der Waals surface area contributed by atoms with Crippen molar-refractivity contribution in [1.82, 2.24) is 5.32 Å². The van der Waals surface area contributed by atoms with Crippen molar-refractivity contribution in [1.29, 1.82) is 0 Å². The van der Waals surface area contributed by atoms with Crippen LogP contribution in [-0.4, -0.2) is 19.0 Å². The molecule has 4 nitrogen and oxygen atoms in total. The largest absolute Gasteiger partial charge is 0.399 e. The minimum absolute atomic E-state index is 0.0455. The van der Waals surface area contributed by atoms with Crippen LogP contribution in [0.1, 0.15) is 49.4 Å². The van der Waals surface area contributed by atoms with Gasteiger partial charge in [-0.2, -0.15) is 0 Å². The molecule has 1 amide bonds. The molecule has 0 aliphatic heterocycles. The molecule has 0 unspecified atom stereocenters. The van der Waals surface area contributed by atoms with Gasteiger partial charge in [0.15, 0.2) is 0 Å². The van der Waals surface area contributed by atoms with Gasteiger partial charge in [-0.3, -0.25) is 4.79 Å². The third-order valence-electron chi connectivity index (χ3n) is 3.97. The van der Waals surface area contributed by atoms with Crippen molar-refractivity contribution in [3.05, 3.63) is 23.8 Å².